The summed E-state index contributed by atoms with van der Waals surface area (Å²) in [7, 11) is 3.59. The number of aliphatic carboxylic acids is 1. The van der Waals surface area contributed by atoms with E-state index in [9.17, 15) is 76.6 Å². The maximum absolute atomic E-state index is 13.4. The molecule has 0 aromatic heterocycles. The number of nitrogens with one attached hydrogen (secondary N) is 10. The van der Waals surface area contributed by atoms with Crippen molar-refractivity contribution in [2.75, 3.05) is 93.1 Å². The van der Waals surface area contributed by atoms with Crippen LogP contribution in [0.2, 0.25) is 0 Å². The van der Waals surface area contributed by atoms with Crippen molar-refractivity contribution >= 4 is 46.2 Å². The molecule has 794 valence electrons. The van der Waals surface area contributed by atoms with E-state index in [1.807, 2.05) is 133 Å². The van der Waals surface area contributed by atoms with E-state index in [0.717, 1.165) is 108 Å². The summed E-state index contributed by atoms with van der Waals surface area (Å²) in [6.07, 6.45) is -13.4. The van der Waals surface area contributed by atoms with Crippen molar-refractivity contribution < 1.29 is 105 Å². The molecule has 10 aliphatic heterocycles. The number of aliphatic hydroxyl groups excluding tert-OH is 1. The van der Waals surface area contributed by atoms with Crippen molar-refractivity contribution in [3.63, 3.8) is 0 Å². The van der Waals surface area contributed by atoms with E-state index in [0.29, 0.717) is 116 Å². The van der Waals surface area contributed by atoms with Crippen LogP contribution in [0.15, 0.2) is 237 Å². The van der Waals surface area contributed by atoms with E-state index in [4.69, 9.17) is 34.5 Å². The Morgan fingerprint density at radius 3 is 0.952 bits per heavy atom. The molecule has 20 rings (SSSR count). The smallest absolute Gasteiger partial charge is 0.416 e. The number of ether oxygens (including phenoxy) is 5. The molecule has 0 spiro atoms. The second-order valence-electron chi connectivity index (χ2n) is 37.8. The Balaban J connectivity index is 0.000000163. The predicted octanol–water partition coefficient (Wildman–Crippen LogP) is 24.1. The highest BCUT2D eigenvalue weighted by atomic mass is 19.4. The first-order chi connectivity index (χ1) is 68.7. The second-order valence-corrected chi connectivity index (χ2v) is 37.8. The SMILES string of the molecule is C.C.C.C.CCc1ccc2c(c1)[C@H]1O[C@@H](CO)CC[C@H]1[C@H](c1ccc(F)cc1)N2.CNCCNC(=O)[C@@H]1CC[C@@H]2[C@@H](c3ccccc3)Nc3ccc(C(F)(F)F)cc3[C@@H]2O1.CNCCNC(=O)[C@H]1CC[C@@H]2[C@H](O1)c1cc(C(F)(F)F)ccc1N[C@H]2c1ccccc1.NC[C@H]1CC[C@@H]2[C@H](O1)c1cc(C(F)(F)F)ccc1N[C@H]2c1ccccc1.O=C(O)CNC[C@H]1CC[C@@H]2[C@H](O1)c1cc(C(F)(F)F)ccc1N[C@H]2c1ccccc1. The van der Waals surface area contributed by atoms with Gasteiger partial charge in [-0.2, -0.15) is 52.7 Å². The Kier molecular flexibility index (Phi) is 39.2. The molecule has 10 aromatic carbocycles. The lowest BCUT2D eigenvalue weighted by molar-refractivity contribution is -0.149. The molecule has 147 heavy (non-hydrogen) atoms. The van der Waals surface area contributed by atoms with Gasteiger partial charge in [0.05, 0.1) is 114 Å². The Hall–Kier alpha value is -11.7. The van der Waals surface area contributed by atoms with Crippen LogP contribution in [0.1, 0.15) is 245 Å². The maximum Gasteiger partial charge on any atom is 0.416 e. The molecule has 10 aromatic rings. The standard InChI is InChI=1S/2C23H26F3N3O2.C22H23F3N2O3.C21H24FNO2.C20H21F3N2O.4CH4/c2*1-27-11-12-28-22(30)19-10-8-16-20(14-5-3-2-4-6-14)29-18-9-7-15(23(24,25)26)13-17(18)21(16)31-19;23-22(24,25)14-6-9-18-17(10-14)21-16(20(27-18)13-4-2-1-3-5-13)8-7-15(30-21)11-26-12-19(28)29;1-2-13-3-10-19-18(11-13)21-17(9-8-16(12-24)25-21)20(23-19)14-4-6-15(22)7-5-14;21-20(22,23)13-6-9-17-16(10-13)19-15(8-7-14(11-24)26-19)18(25-17)12-4-2-1-3-5-12;;;;/h2*2-7,9,13,16,19-21,27,29H,8,10-12H2,1H3,(H,28,30);1-6,9-10,15-16,20-21,26-27H,7-8,11-12H2,(H,28,29);3-7,10-11,16-17,20-21,23-24H,2,8-9,12H2,1H3;1-6,9-10,14-15,18-19,25H,7-8,11,24H2;4*1H4/t2*16-,19+,20-,21-;15-,16+,20+,21+;16-,17+,20+,21+;14-,15+,18+,19+;;;;/m10111..../s1. The molecule has 0 unspecified atom stereocenters. The number of aryl methyl sites for hydroxylation is 1. The molecule has 10 heterocycles. The molecule has 14 N–H and O–H groups in total. The van der Waals surface area contributed by atoms with Crippen LogP contribution in [0.25, 0.3) is 0 Å². The average Bonchev–Trinajstić information content (AvgIpc) is 0.769. The Bertz CT molecular complexity index is 5770. The first-order valence-corrected chi connectivity index (χ1v) is 48.9. The van der Waals surface area contributed by atoms with Gasteiger partial charge in [-0.05, 0) is 209 Å². The second kappa shape index (κ2) is 50.5. The van der Waals surface area contributed by atoms with Crippen LogP contribution in [-0.4, -0.2) is 125 Å². The van der Waals surface area contributed by atoms with Gasteiger partial charge in [0.1, 0.15) is 18.0 Å². The average molecular weight is 2060 g/mol. The summed E-state index contributed by atoms with van der Waals surface area (Å²) in [4.78, 5) is 35.9. The van der Waals surface area contributed by atoms with Gasteiger partial charge in [-0.1, -0.05) is 182 Å². The van der Waals surface area contributed by atoms with Gasteiger partial charge >= 0.3 is 30.7 Å². The molecule has 34 heteroatoms. The predicted molar refractivity (Wildman–Crippen MR) is 545 cm³/mol. The van der Waals surface area contributed by atoms with Crippen LogP contribution < -0.4 is 58.9 Å². The first kappa shape index (κ1) is 114. The summed E-state index contributed by atoms with van der Waals surface area (Å²) in [5.74, 6) is -1.49. The number of anilines is 5. The van der Waals surface area contributed by atoms with E-state index in [2.05, 4.69) is 78.3 Å². The Labute approximate surface area is 851 Å². The number of halogens is 13. The lowest BCUT2D eigenvalue weighted by Gasteiger charge is -2.46. The number of alkyl halides is 12. The van der Waals surface area contributed by atoms with Gasteiger partial charge < -0.3 is 92.8 Å². The molecule has 21 nitrogen and oxygen atoms in total. The molecule has 10 aliphatic rings. The van der Waals surface area contributed by atoms with E-state index in [1.165, 1.54) is 59.7 Å². The normalized spacial score (nSPS) is 25.6. The Morgan fingerprint density at radius 1 is 0.361 bits per heavy atom. The van der Waals surface area contributed by atoms with E-state index < -0.39 is 83.4 Å². The number of benzene rings is 10. The summed E-state index contributed by atoms with van der Waals surface area (Å²) in [6, 6.07) is 67.4. The number of fused-ring (bicyclic) bond motifs is 15. The van der Waals surface area contributed by atoms with Crippen molar-refractivity contribution in [3.05, 3.63) is 326 Å². The van der Waals surface area contributed by atoms with Gasteiger partial charge in [0, 0.05) is 125 Å². The van der Waals surface area contributed by atoms with Gasteiger partial charge in [0.25, 0.3) is 0 Å². The molecule has 0 radical (unpaired) electrons. The van der Waals surface area contributed by atoms with Crippen molar-refractivity contribution in [1.82, 2.24) is 26.6 Å². The molecule has 2 amide bonds. The third-order valence-corrected chi connectivity index (χ3v) is 28.8. The van der Waals surface area contributed by atoms with Crippen LogP contribution in [0, 0.1) is 35.4 Å². The van der Waals surface area contributed by atoms with Gasteiger partial charge in [-0.25, -0.2) is 4.39 Å². The lowest BCUT2D eigenvalue weighted by atomic mass is 9.76. The fourth-order valence-electron chi connectivity index (χ4n) is 21.6. The summed E-state index contributed by atoms with van der Waals surface area (Å²) >= 11 is 0. The zero-order valence-electron chi connectivity index (χ0n) is 79.1. The molecule has 0 saturated carbocycles. The van der Waals surface area contributed by atoms with E-state index in [-0.39, 0.29) is 151 Å². The van der Waals surface area contributed by atoms with Gasteiger partial charge in [0.2, 0.25) is 11.8 Å². The molecule has 20 atom stereocenters. The van der Waals surface area contributed by atoms with Gasteiger partial charge in [-0.3, -0.25) is 14.4 Å². The monoisotopic (exact) mass is 2050 g/mol. The number of hydrogen-bond acceptors (Lipinski definition) is 18. The van der Waals surface area contributed by atoms with Crippen molar-refractivity contribution in [2.24, 2.45) is 35.3 Å². The molecule has 5 fully saturated rings. The summed E-state index contributed by atoms with van der Waals surface area (Å²) in [6.45, 7) is 4.92. The first-order valence-electron chi connectivity index (χ1n) is 48.9. The number of carbonyl (C=O) groups excluding carboxylic acids is 2. The fourth-order valence-corrected chi connectivity index (χ4v) is 21.6. The number of nitrogens with two attached hydrogens (primary N) is 1. The lowest BCUT2D eigenvalue weighted by Crippen LogP contribution is -2.46. The number of rotatable bonds is 20. The minimum atomic E-state index is -4.45. The quantitative estimate of drug-likeness (QED) is 0.0249. The minimum absolute atomic E-state index is 0. The minimum Gasteiger partial charge on any atom is -0.480 e. The largest absolute Gasteiger partial charge is 0.480 e. The van der Waals surface area contributed by atoms with Crippen molar-refractivity contribution in [3.8, 4) is 0 Å². The summed E-state index contributed by atoms with van der Waals surface area (Å²) in [5, 5.41) is 50.1. The van der Waals surface area contributed by atoms with Crippen molar-refractivity contribution in [1.29, 1.82) is 0 Å². The molecular weight excluding hydrogens is 1920 g/mol. The molecular formula is C113H136F13N11O10. The number of carbonyl (C=O) groups is 3. The fraction of sp³-hybridized carbons (Fsp3) is 0.442. The zero-order chi connectivity index (χ0) is 101. The summed E-state index contributed by atoms with van der Waals surface area (Å²) < 4.78 is 204. The van der Waals surface area contributed by atoms with Gasteiger partial charge in [-0.15, -0.1) is 0 Å². The highest BCUT2D eigenvalue weighted by Gasteiger charge is 2.51. The van der Waals surface area contributed by atoms with Crippen LogP contribution in [0.3, 0.4) is 0 Å². The number of hydrogen-bond donors (Lipinski definition) is 13. The molecule has 5 saturated heterocycles. The maximum atomic E-state index is 13.4. The highest BCUT2D eigenvalue weighted by molar-refractivity contribution is 5.82. The zero-order valence-corrected chi connectivity index (χ0v) is 79.1. The Morgan fingerprint density at radius 2 is 0.646 bits per heavy atom. The van der Waals surface area contributed by atoms with Crippen LogP contribution in [0.4, 0.5) is 85.5 Å². The number of amides is 2. The topological polar surface area (TPSA) is 284 Å². The summed E-state index contributed by atoms with van der Waals surface area (Å²) in [5.41, 5.74) is 16.4. The van der Waals surface area contributed by atoms with E-state index >= 15 is 0 Å². The highest BCUT2D eigenvalue weighted by Crippen LogP contribution is 2.58. The number of carboxylic acid groups (broad SMARTS) is 1. The van der Waals surface area contributed by atoms with E-state index in [1.54, 1.807) is 14.1 Å². The van der Waals surface area contributed by atoms with Crippen LogP contribution in [0.5, 0.6) is 0 Å². The van der Waals surface area contributed by atoms with Crippen LogP contribution >= 0.6 is 0 Å². The third-order valence-electron chi connectivity index (χ3n) is 28.8. The third kappa shape index (κ3) is 27.1. The molecule has 0 bridgehead atoms. The molecule has 0 aliphatic carbocycles. The van der Waals surface area contributed by atoms with Gasteiger partial charge in [0.15, 0.2) is 0 Å². The van der Waals surface area contributed by atoms with Crippen molar-refractivity contribution in [2.45, 2.75) is 223 Å². The number of carboxylic acids is 1. The number of likely N-dealkylation sites (N-methyl/N-ethyl adjacent to an activating group) is 2. The number of aliphatic hydroxyl groups is 1. The van der Waals surface area contributed by atoms with Crippen LogP contribution in [-0.2, 0) is 69.2 Å².